The standard InChI is InChI=1S/C13H10F3N3OS/c1-21-12-17-6-5-10(19-12)18-11(20)8-3-2-4-9(7-8)13(14,15)16/h2-7H,1H3,(H,17,18,19,20). The summed E-state index contributed by atoms with van der Waals surface area (Å²) in [5.41, 5.74) is -0.961. The number of rotatable bonds is 3. The zero-order valence-electron chi connectivity index (χ0n) is 10.8. The van der Waals surface area contributed by atoms with Gasteiger partial charge in [-0.25, -0.2) is 9.97 Å². The highest BCUT2D eigenvalue weighted by atomic mass is 32.2. The maximum atomic E-state index is 12.6. The quantitative estimate of drug-likeness (QED) is 0.696. The summed E-state index contributed by atoms with van der Waals surface area (Å²) < 4.78 is 37.8. The number of carbonyl (C=O) groups excluding carboxylic acids is 1. The third-order valence-corrected chi connectivity index (χ3v) is 3.07. The Kier molecular flexibility index (Phi) is 4.46. The molecule has 0 unspecified atom stereocenters. The second kappa shape index (κ2) is 6.13. The number of hydrogen-bond donors (Lipinski definition) is 1. The maximum Gasteiger partial charge on any atom is 0.416 e. The van der Waals surface area contributed by atoms with E-state index in [1.807, 2.05) is 0 Å². The molecule has 0 aliphatic carbocycles. The van der Waals surface area contributed by atoms with Crippen LogP contribution >= 0.6 is 11.8 Å². The second-order valence-electron chi connectivity index (χ2n) is 3.96. The molecule has 2 aromatic rings. The van der Waals surface area contributed by atoms with Crippen molar-refractivity contribution in [2.45, 2.75) is 11.3 Å². The minimum absolute atomic E-state index is 0.0888. The number of thioether (sulfide) groups is 1. The molecule has 0 radical (unpaired) electrons. The lowest BCUT2D eigenvalue weighted by atomic mass is 10.1. The molecule has 1 aromatic heterocycles. The van der Waals surface area contributed by atoms with Crippen LogP contribution in [0, 0.1) is 0 Å². The first-order valence-corrected chi connectivity index (χ1v) is 6.98. The third-order valence-electron chi connectivity index (χ3n) is 2.51. The van der Waals surface area contributed by atoms with Gasteiger partial charge in [0, 0.05) is 11.8 Å². The highest BCUT2D eigenvalue weighted by molar-refractivity contribution is 7.98. The maximum absolute atomic E-state index is 12.6. The lowest BCUT2D eigenvalue weighted by Gasteiger charge is -2.09. The van der Waals surface area contributed by atoms with E-state index in [4.69, 9.17) is 0 Å². The van der Waals surface area contributed by atoms with Gasteiger partial charge in [-0.2, -0.15) is 13.2 Å². The average molecular weight is 313 g/mol. The zero-order chi connectivity index (χ0) is 15.5. The van der Waals surface area contributed by atoms with E-state index >= 15 is 0 Å². The SMILES string of the molecule is CSc1nccc(NC(=O)c2cccc(C(F)(F)F)c2)n1. The molecule has 8 heteroatoms. The van der Waals surface area contributed by atoms with Crippen LogP contribution in [0.15, 0.2) is 41.7 Å². The Balaban J connectivity index is 2.20. The van der Waals surface area contributed by atoms with Gasteiger partial charge in [0.05, 0.1) is 5.56 Å². The summed E-state index contributed by atoms with van der Waals surface area (Å²) in [6.45, 7) is 0. The number of anilines is 1. The molecule has 21 heavy (non-hydrogen) atoms. The molecule has 0 bridgehead atoms. The largest absolute Gasteiger partial charge is 0.416 e. The predicted octanol–water partition coefficient (Wildman–Crippen LogP) is 3.47. The molecule has 1 N–H and O–H groups in total. The van der Waals surface area contributed by atoms with Gasteiger partial charge in [-0.1, -0.05) is 17.8 Å². The van der Waals surface area contributed by atoms with E-state index in [0.29, 0.717) is 5.16 Å². The molecule has 0 fully saturated rings. The number of carbonyl (C=O) groups is 1. The lowest BCUT2D eigenvalue weighted by molar-refractivity contribution is -0.137. The molecule has 110 valence electrons. The molecule has 1 heterocycles. The van der Waals surface area contributed by atoms with Crippen molar-refractivity contribution in [1.82, 2.24) is 9.97 Å². The third kappa shape index (κ3) is 3.94. The van der Waals surface area contributed by atoms with Gasteiger partial charge in [-0.3, -0.25) is 4.79 Å². The van der Waals surface area contributed by atoms with E-state index in [0.717, 1.165) is 12.1 Å². The van der Waals surface area contributed by atoms with Gasteiger partial charge < -0.3 is 5.32 Å². The summed E-state index contributed by atoms with van der Waals surface area (Å²) in [6, 6.07) is 5.66. The second-order valence-corrected chi connectivity index (χ2v) is 4.73. The molecular formula is C13H10F3N3OS. The zero-order valence-corrected chi connectivity index (χ0v) is 11.6. The van der Waals surface area contributed by atoms with E-state index in [9.17, 15) is 18.0 Å². The Morgan fingerprint density at radius 1 is 1.29 bits per heavy atom. The Morgan fingerprint density at radius 3 is 2.71 bits per heavy atom. The van der Waals surface area contributed by atoms with Crippen LogP contribution < -0.4 is 5.32 Å². The Morgan fingerprint density at radius 2 is 2.05 bits per heavy atom. The first-order valence-electron chi connectivity index (χ1n) is 5.76. The normalized spacial score (nSPS) is 11.2. The van der Waals surface area contributed by atoms with Gasteiger partial charge in [0.25, 0.3) is 5.91 Å². The molecule has 0 atom stereocenters. The van der Waals surface area contributed by atoms with Gasteiger partial charge in [0.2, 0.25) is 0 Å². The van der Waals surface area contributed by atoms with E-state index in [1.54, 1.807) is 6.26 Å². The fourth-order valence-corrected chi connectivity index (χ4v) is 1.89. The molecule has 2 rings (SSSR count). The number of alkyl halides is 3. The topological polar surface area (TPSA) is 54.9 Å². The van der Waals surface area contributed by atoms with Crippen LogP contribution in [-0.4, -0.2) is 22.1 Å². The van der Waals surface area contributed by atoms with Gasteiger partial charge in [-0.05, 0) is 30.5 Å². The summed E-state index contributed by atoms with van der Waals surface area (Å²) in [6.07, 6.45) is -1.26. The highest BCUT2D eigenvalue weighted by Crippen LogP contribution is 2.29. The first-order chi connectivity index (χ1) is 9.90. The van der Waals surface area contributed by atoms with Crippen molar-refractivity contribution >= 4 is 23.5 Å². The lowest BCUT2D eigenvalue weighted by Crippen LogP contribution is -2.15. The van der Waals surface area contributed by atoms with E-state index in [2.05, 4.69) is 15.3 Å². The number of amides is 1. The minimum atomic E-state index is -4.49. The highest BCUT2D eigenvalue weighted by Gasteiger charge is 2.30. The molecular weight excluding hydrogens is 303 g/mol. The van der Waals surface area contributed by atoms with Crippen molar-refractivity contribution in [2.24, 2.45) is 0 Å². The summed E-state index contributed by atoms with van der Waals surface area (Å²) in [5, 5.41) is 2.90. The van der Waals surface area contributed by atoms with Crippen molar-refractivity contribution in [3.05, 3.63) is 47.7 Å². The molecule has 1 amide bonds. The molecule has 0 spiro atoms. The van der Waals surface area contributed by atoms with E-state index in [1.165, 1.54) is 36.2 Å². The number of halogens is 3. The van der Waals surface area contributed by atoms with E-state index in [-0.39, 0.29) is 11.4 Å². The van der Waals surface area contributed by atoms with Crippen LogP contribution in [0.5, 0.6) is 0 Å². The number of nitrogens with one attached hydrogen (secondary N) is 1. The molecule has 4 nitrogen and oxygen atoms in total. The minimum Gasteiger partial charge on any atom is -0.306 e. The molecule has 1 aromatic carbocycles. The molecule has 0 aliphatic heterocycles. The average Bonchev–Trinajstić information content (AvgIpc) is 2.46. The first kappa shape index (κ1) is 15.3. The summed E-state index contributed by atoms with van der Waals surface area (Å²) in [7, 11) is 0. The Hall–Kier alpha value is -2.09. The van der Waals surface area contributed by atoms with Crippen molar-refractivity contribution < 1.29 is 18.0 Å². The van der Waals surface area contributed by atoms with Crippen LogP contribution in [0.2, 0.25) is 0 Å². The van der Waals surface area contributed by atoms with Crippen LogP contribution in [-0.2, 0) is 6.18 Å². The monoisotopic (exact) mass is 313 g/mol. The smallest absolute Gasteiger partial charge is 0.306 e. The molecule has 0 saturated heterocycles. The Bertz CT molecular complexity index is 661. The van der Waals surface area contributed by atoms with E-state index < -0.39 is 17.6 Å². The fourth-order valence-electron chi connectivity index (χ4n) is 1.53. The molecule has 0 saturated carbocycles. The van der Waals surface area contributed by atoms with Crippen LogP contribution in [0.4, 0.5) is 19.0 Å². The van der Waals surface area contributed by atoms with Crippen LogP contribution in [0.1, 0.15) is 15.9 Å². The summed E-state index contributed by atoms with van der Waals surface area (Å²) in [4.78, 5) is 19.9. The van der Waals surface area contributed by atoms with Crippen LogP contribution in [0.3, 0.4) is 0 Å². The fraction of sp³-hybridized carbons (Fsp3) is 0.154. The van der Waals surface area contributed by atoms with Gasteiger partial charge in [-0.15, -0.1) is 0 Å². The van der Waals surface area contributed by atoms with Crippen molar-refractivity contribution in [3.63, 3.8) is 0 Å². The number of nitrogens with zero attached hydrogens (tertiary/aromatic N) is 2. The van der Waals surface area contributed by atoms with Crippen molar-refractivity contribution in [3.8, 4) is 0 Å². The number of aromatic nitrogens is 2. The van der Waals surface area contributed by atoms with Gasteiger partial charge >= 0.3 is 6.18 Å². The van der Waals surface area contributed by atoms with Gasteiger partial charge in [0.1, 0.15) is 5.82 Å². The summed E-state index contributed by atoms with van der Waals surface area (Å²) >= 11 is 1.29. The summed E-state index contributed by atoms with van der Waals surface area (Å²) in [5.74, 6) is -0.427. The predicted molar refractivity (Wildman–Crippen MR) is 73.2 cm³/mol. The van der Waals surface area contributed by atoms with Gasteiger partial charge in [0.15, 0.2) is 5.16 Å². The van der Waals surface area contributed by atoms with Crippen molar-refractivity contribution in [1.29, 1.82) is 0 Å². The number of benzene rings is 1. The number of hydrogen-bond acceptors (Lipinski definition) is 4. The van der Waals surface area contributed by atoms with Crippen molar-refractivity contribution in [2.75, 3.05) is 11.6 Å². The molecule has 0 aliphatic rings. The Labute approximate surface area is 122 Å². The van der Waals surface area contributed by atoms with Crippen LogP contribution in [0.25, 0.3) is 0 Å².